The van der Waals surface area contributed by atoms with Gasteiger partial charge in [-0.3, -0.25) is 0 Å². The van der Waals surface area contributed by atoms with Crippen molar-refractivity contribution < 1.29 is 9.84 Å². The van der Waals surface area contributed by atoms with Gasteiger partial charge in [-0.05, 0) is 37.6 Å². The fourth-order valence-corrected chi connectivity index (χ4v) is 1.62. The van der Waals surface area contributed by atoms with Gasteiger partial charge < -0.3 is 15.2 Å². The van der Waals surface area contributed by atoms with Gasteiger partial charge in [-0.15, -0.1) is 0 Å². The molecule has 0 amide bonds. The first-order valence-electron chi connectivity index (χ1n) is 6.15. The maximum atomic E-state index is 10.1. The normalized spacial score (nSPS) is 14.6. The van der Waals surface area contributed by atoms with Crippen LogP contribution < -0.4 is 10.1 Å². The molecule has 0 radical (unpaired) electrons. The second kappa shape index (κ2) is 6.41. The highest BCUT2D eigenvalue weighted by molar-refractivity contribution is 6.32. The minimum Gasteiger partial charge on any atom is -0.489 e. The third-order valence-electron chi connectivity index (χ3n) is 3.14. The average Bonchev–Trinajstić information content (AvgIpc) is 2.28. The van der Waals surface area contributed by atoms with Crippen molar-refractivity contribution in [2.24, 2.45) is 5.92 Å². The second-order valence-corrected chi connectivity index (χ2v) is 5.50. The lowest BCUT2D eigenvalue weighted by Crippen LogP contribution is -2.37. The minimum atomic E-state index is -0.854. The molecule has 3 nitrogen and oxygen atoms in total. The molecule has 1 aromatic carbocycles. The summed E-state index contributed by atoms with van der Waals surface area (Å²) in [6.45, 7) is 6.68. The van der Waals surface area contributed by atoms with Crippen LogP contribution in [0.25, 0.3) is 0 Å². The number of aliphatic hydroxyl groups is 1. The summed E-state index contributed by atoms with van der Waals surface area (Å²) >= 11 is 6.14. The van der Waals surface area contributed by atoms with Gasteiger partial charge in [0.2, 0.25) is 0 Å². The Balaban J connectivity index is 2.68. The Kier molecular flexibility index (Phi) is 5.45. The molecule has 1 unspecified atom stereocenters. The highest BCUT2D eigenvalue weighted by Gasteiger charge is 2.26. The number of halogens is 1. The molecular weight excluding hydrogens is 250 g/mol. The van der Waals surface area contributed by atoms with Gasteiger partial charge in [-0.2, -0.15) is 0 Å². The third kappa shape index (κ3) is 4.16. The van der Waals surface area contributed by atoms with Gasteiger partial charge in [0.05, 0.1) is 10.6 Å². The number of rotatable bonds is 6. The molecule has 1 rings (SSSR count). The van der Waals surface area contributed by atoms with Crippen LogP contribution in [0.3, 0.4) is 0 Å². The Bertz CT molecular complexity index is 391. The lowest BCUT2D eigenvalue weighted by Gasteiger charge is -2.27. The van der Waals surface area contributed by atoms with Crippen molar-refractivity contribution in [3.8, 4) is 5.75 Å². The summed E-state index contributed by atoms with van der Waals surface area (Å²) in [5.41, 5.74) is 0.248. The van der Waals surface area contributed by atoms with Gasteiger partial charge >= 0.3 is 0 Å². The van der Waals surface area contributed by atoms with Crippen molar-refractivity contribution in [1.82, 2.24) is 5.32 Å². The molecule has 2 N–H and O–H groups in total. The first-order valence-corrected chi connectivity index (χ1v) is 6.53. The fourth-order valence-electron chi connectivity index (χ4n) is 1.37. The van der Waals surface area contributed by atoms with Crippen LogP contribution in [-0.4, -0.2) is 24.4 Å². The van der Waals surface area contributed by atoms with Crippen molar-refractivity contribution >= 4 is 11.6 Å². The maximum absolute atomic E-state index is 10.1. The summed E-state index contributed by atoms with van der Waals surface area (Å²) in [5, 5.41) is 13.7. The molecule has 1 aromatic rings. The topological polar surface area (TPSA) is 41.5 Å². The quantitative estimate of drug-likeness (QED) is 0.836. The van der Waals surface area contributed by atoms with Crippen LogP contribution in [0.1, 0.15) is 26.3 Å². The first kappa shape index (κ1) is 15.3. The molecule has 4 heteroatoms. The lowest BCUT2D eigenvalue weighted by molar-refractivity contribution is -0.0266. The predicted octanol–water partition coefficient (Wildman–Crippen LogP) is 2.85. The van der Waals surface area contributed by atoms with Crippen LogP contribution in [0.2, 0.25) is 5.02 Å². The standard InChI is InChI=1S/C14H22ClNO2/c1-10(2)14(3,17)9-18-13-6-5-11(8-16-4)7-12(13)15/h5-7,10,16-17H,8-9H2,1-4H3. The Morgan fingerprint density at radius 2 is 2.11 bits per heavy atom. The smallest absolute Gasteiger partial charge is 0.138 e. The summed E-state index contributed by atoms with van der Waals surface area (Å²) in [7, 11) is 1.89. The predicted molar refractivity (Wildman–Crippen MR) is 75.2 cm³/mol. The van der Waals surface area contributed by atoms with E-state index in [1.807, 2.05) is 39.1 Å². The molecule has 0 saturated heterocycles. The van der Waals surface area contributed by atoms with Crippen molar-refractivity contribution in [2.75, 3.05) is 13.7 Å². The Labute approximate surface area is 114 Å². The number of ether oxygens (including phenoxy) is 1. The van der Waals surface area contributed by atoms with Gasteiger partial charge in [0.15, 0.2) is 0 Å². The van der Waals surface area contributed by atoms with E-state index in [4.69, 9.17) is 16.3 Å². The zero-order chi connectivity index (χ0) is 13.8. The number of hydrogen-bond donors (Lipinski definition) is 2. The van der Waals surface area contributed by atoms with E-state index in [-0.39, 0.29) is 12.5 Å². The first-order chi connectivity index (χ1) is 8.36. The van der Waals surface area contributed by atoms with Crippen molar-refractivity contribution in [3.05, 3.63) is 28.8 Å². The van der Waals surface area contributed by atoms with Gasteiger partial charge in [0, 0.05) is 6.54 Å². The molecule has 0 fully saturated rings. The molecule has 0 heterocycles. The van der Waals surface area contributed by atoms with Gasteiger partial charge in [0.25, 0.3) is 0 Å². The summed E-state index contributed by atoms with van der Waals surface area (Å²) in [6.07, 6.45) is 0. The number of nitrogens with one attached hydrogen (secondary N) is 1. The average molecular weight is 272 g/mol. The molecular formula is C14H22ClNO2. The lowest BCUT2D eigenvalue weighted by atomic mass is 9.94. The molecule has 0 aliphatic heterocycles. The zero-order valence-corrected chi connectivity index (χ0v) is 12.2. The minimum absolute atomic E-state index is 0.125. The largest absolute Gasteiger partial charge is 0.489 e. The molecule has 102 valence electrons. The van der Waals surface area contributed by atoms with E-state index in [2.05, 4.69) is 5.32 Å². The van der Waals surface area contributed by atoms with Gasteiger partial charge in [-0.25, -0.2) is 0 Å². The van der Waals surface area contributed by atoms with Crippen LogP contribution >= 0.6 is 11.6 Å². The molecule has 0 spiro atoms. The van der Waals surface area contributed by atoms with Gasteiger partial charge in [0.1, 0.15) is 12.4 Å². The van der Waals surface area contributed by atoms with E-state index < -0.39 is 5.60 Å². The molecule has 0 bridgehead atoms. The molecule has 0 aliphatic rings. The van der Waals surface area contributed by atoms with E-state index in [0.717, 1.165) is 12.1 Å². The number of hydrogen-bond acceptors (Lipinski definition) is 3. The van der Waals surface area contributed by atoms with E-state index >= 15 is 0 Å². The van der Waals surface area contributed by atoms with Crippen molar-refractivity contribution in [3.63, 3.8) is 0 Å². The van der Waals surface area contributed by atoms with Gasteiger partial charge in [-0.1, -0.05) is 31.5 Å². The van der Waals surface area contributed by atoms with E-state index in [1.165, 1.54) is 0 Å². The Morgan fingerprint density at radius 3 is 2.61 bits per heavy atom. The van der Waals surface area contributed by atoms with E-state index in [1.54, 1.807) is 6.92 Å². The molecule has 0 aromatic heterocycles. The summed E-state index contributed by atoms with van der Waals surface area (Å²) < 4.78 is 5.59. The van der Waals surface area contributed by atoms with E-state index in [9.17, 15) is 5.11 Å². The SMILES string of the molecule is CNCc1ccc(OCC(C)(O)C(C)C)c(Cl)c1. The summed E-state index contributed by atoms with van der Waals surface area (Å²) in [5.74, 6) is 0.734. The maximum Gasteiger partial charge on any atom is 0.138 e. The number of benzene rings is 1. The molecule has 0 saturated carbocycles. The van der Waals surface area contributed by atoms with E-state index in [0.29, 0.717) is 10.8 Å². The van der Waals surface area contributed by atoms with Crippen molar-refractivity contribution in [2.45, 2.75) is 32.9 Å². The van der Waals surface area contributed by atoms with Crippen LogP contribution in [0.15, 0.2) is 18.2 Å². The zero-order valence-electron chi connectivity index (χ0n) is 11.5. The monoisotopic (exact) mass is 271 g/mol. The molecule has 18 heavy (non-hydrogen) atoms. The summed E-state index contributed by atoms with van der Waals surface area (Å²) in [6, 6.07) is 5.67. The fraction of sp³-hybridized carbons (Fsp3) is 0.571. The second-order valence-electron chi connectivity index (χ2n) is 5.10. The highest BCUT2D eigenvalue weighted by atomic mass is 35.5. The van der Waals surface area contributed by atoms with Crippen LogP contribution in [0, 0.1) is 5.92 Å². The highest BCUT2D eigenvalue weighted by Crippen LogP contribution is 2.27. The van der Waals surface area contributed by atoms with Crippen LogP contribution in [0.4, 0.5) is 0 Å². The molecule has 0 aliphatic carbocycles. The van der Waals surface area contributed by atoms with Crippen LogP contribution in [-0.2, 0) is 6.54 Å². The van der Waals surface area contributed by atoms with Crippen molar-refractivity contribution in [1.29, 1.82) is 0 Å². The molecule has 1 atom stereocenters. The Hall–Kier alpha value is -0.770. The Morgan fingerprint density at radius 1 is 1.44 bits per heavy atom. The summed E-state index contributed by atoms with van der Waals surface area (Å²) in [4.78, 5) is 0. The van der Waals surface area contributed by atoms with Crippen LogP contribution in [0.5, 0.6) is 5.75 Å². The third-order valence-corrected chi connectivity index (χ3v) is 3.44.